The quantitative estimate of drug-likeness (QED) is 0.789. The zero-order chi connectivity index (χ0) is 13.8. The van der Waals surface area contributed by atoms with E-state index >= 15 is 0 Å². The molecule has 0 spiro atoms. The van der Waals surface area contributed by atoms with Gasteiger partial charge in [-0.15, -0.1) is 0 Å². The van der Waals surface area contributed by atoms with Crippen molar-refractivity contribution in [3.8, 4) is 0 Å². The van der Waals surface area contributed by atoms with Crippen LogP contribution in [-0.4, -0.2) is 23.0 Å². The van der Waals surface area contributed by atoms with Crippen LogP contribution in [0.15, 0.2) is 48.7 Å². The number of nitrogens with zero attached hydrogens (tertiary/aromatic N) is 2. The number of aromatic nitrogens is 1. The molecule has 0 N–H and O–H groups in total. The van der Waals surface area contributed by atoms with Crippen LogP contribution >= 0.6 is 11.6 Å². The zero-order valence-electron chi connectivity index (χ0n) is 11.5. The predicted molar refractivity (Wildman–Crippen MR) is 82.9 cm³/mol. The second kappa shape index (κ2) is 6.38. The smallest absolute Gasteiger partial charge is 0.129 e. The number of likely N-dealkylation sites (tertiary alicyclic amines) is 1. The van der Waals surface area contributed by atoms with E-state index in [0.717, 1.165) is 19.6 Å². The molecule has 0 amide bonds. The van der Waals surface area contributed by atoms with Gasteiger partial charge >= 0.3 is 0 Å². The Balaban J connectivity index is 1.56. The summed E-state index contributed by atoms with van der Waals surface area (Å²) in [5.74, 6) is 0.716. The van der Waals surface area contributed by atoms with Crippen LogP contribution in [0.2, 0.25) is 5.15 Å². The normalized spacial score (nSPS) is 17.2. The Morgan fingerprint density at radius 3 is 2.55 bits per heavy atom. The Morgan fingerprint density at radius 1 is 1.10 bits per heavy atom. The standard InChI is InChI=1S/C17H19ClN2/c18-17-12-14(6-9-19-17)13-20-10-7-16(8-11-20)15-4-2-1-3-5-15/h1-6,9,12,16H,7-8,10-11,13H2. The second-order valence-electron chi connectivity index (χ2n) is 5.45. The van der Waals surface area contributed by atoms with Crippen LogP contribution in [0.1, 0.15) is 29.9 Å². The minimum absolute atomic E-state index is 0.585. The summed E-state index contributed by atoms with van der Waals surface area (Å²) in [4.78, 5) is 6.54. The Bertz CT molecular complexity index is 548. The van der Waals surface area contributed by atoms with Gasteiger partial charge in [0.15, 0.2) is 0 Å². The first-order valence-electron chi connectivity index (χ1n) is 7.19. The summed E-state index contributed by atoms with van der Waals surface area (Å²) < 4.78 is 0. The van der Waals surface area contributed by atoms with Gasteiger partial charge in [-0.05, 0) is 55.1 Å². The van der Waals surface area contributed by atoms with Crippen molar-refractivity contribution in [2.75, 3.05) is 13.1 Å². The third-order valence-corrected chi connectivity index (χ3v) is 4.26. The van der Waals surface area contributed by atoms with Gasteiger partial charge in [-0.2, -0.15) is 0 Å². The van der Waals surface area contributed by atoms with Gasteiger partial charge in [-0.25, -0.2) is 4.98 Å². The van der Waals surface area contributed by atoms with Crippen molar-refractivity contribution in [1.29, 1.82) is 0 Å². The van der Waals surface area contributed by atoms with E-state index in [1.807, 2.05) is 6.07 Å². The summed E-state index contributed by atoms with van der Waals surface area (Å²) in [7, 11) is 0. The minimum atomic E-state index is 0.585. The Hall–Kier alpha value is -1.38. The molecule has 1 aliphatic rings. The van der Waals surface area contributed by atoms with E-state index < -0.39 is 0 Å². The maximum absolute atomic E-state index is 5.94. The van der Waals surface area contributed by atoms with Gasteiger partial charge in [0.1, 0.15) is 5.15 Å². The van der Waals surface area contributed by atoms with Crippen molar-refractivity contribution in [2.24, 2.45) is 0 Å². The van der Waals surface area contributed by atoms with Gasteiger partial charge in [0.05, 0.1) is 0 Å². The molecule has 3 heteroatoms. The van der Waals surface area contributed by atoms with E-state index in [1.54, 1.807) is 6.20 Å². The summed E-state index contributed by atoms with van der Waals surface area (Å²) in [6.07, 6.45) is 4.26. The summed E-state index contributed by atoms with van der Waals surface area (Å²) in [5.41, 5.74) is 2.74. The van der Waals surface area contributed by atoms with Gasteiger partial charge in [-0.3, -0.25) is 4.90 Å². The highest BCUT2D eigenvalue weighted by Gasteiger charge is 2.20. The topological polar surface area (TPSA) is 16.1 Å². The molecular weight excluding hydrogens is 268 g/mol. The van der Waals surface area contributed by atoms with Crippen molar-refractivity contribution in [1.82, 2.24) is 9.88 Å². The first kappa shape index (κ1) is 13.6. The molecule has 0 saturated carbocycles. The molecule has 0 aliphatic carbocycles. The molecule has 104 valence electrons. The molecule has 3 rings (SSSR count). The molecule has 2 nitrogen and oxygen atoms in total. The molecule has 2 aromatic rings. The van der Waals surface area contributed by atoms with Crippen LogP contribution in [0.4, 0.5) is 0 Å². The third kappa shape index (κ3) is 3.38. The van der Waals surface area contributed by atoms with Crippen molar-refractivity contribution < 1.29 is 0 Å². The summed E-state index contributed by atoms with van der Waals surface area (Å²) in [6.45, 7) is 3.28. The maximum atomic E-state index is 5.94. The molecule has 0 radical (unpaired) electrons. The SMILES string of the molecule is Clc1cc(CN2CCC(c3ccccc3)CC2)ccn1. The van der Waals surface area contributed by atoms with Crippen LogP contribution in [0.5, 0.6) is 0 Å². The monoisotopic (exact) mass is 286 g/mol. The molecule has 1 saturated heterocycles. The van der Waals surface area contributed by atoms with Crippen LogP contribution in [0, 0.1) is 0 Å². The molecule has 0 atom stereocenters. The third-order valence-electron chi connectivity index (χ3n) is 4.06. The van der Waals surface area contributed by atoms with Crippen LogP contribution < -0.4 is 0 Å². The number of rotatable bonds is 3. The van der Waals surface area contributed by atoms with Crippen molar-refractivity contribution in [2.45, 2.75) is 25.3 Å². The van der Waals surface area contributed by atoms with E-state index in [4.69, 9.17) is 11.6 Å². The van der Waals surface area contributed by atoms with E-state index in [1.165, 1.54) is 24.0 Å². The first-order valence-corrected chi connectivity index (χ1v) is 7.57. The minimum Gasteiger partial charge on any atom is -0.299 e. The maximum Gasteiger partial charge on any atom is 0.129 e. The Labute approximate surface area is 125 Å². The largest absolute Gasteiger partial charge is 0.299 e. The first-order chi connectivity index (χ1) is 9.81. The Morgan fingerprint density at radius 2 is 1.85 bits per heavy atom. The van der Waals surface area contributed by atoms with Gasteiger partial charge in [0, 0.05) is 12.7 Å². The molecule has 20 heavy (non-hydrogen) atoms. The number of benzene rings is 1. The molecule has 1 aromatic heterocycles. The number of piperidine rings is 1. The van der Waals surface area contributed by atoms with Crippen LogP contribution in [0.25, 0.3) is 0 Å². The average molecular weight is 287 g/mol. The van der Waals surface area contributed by atoms with E-state index in [2.05, 4.69) is 46.3 Å². The van der Waals surface area contributed by atoms with E-state index in [-0.39, 0.29) is 0 Å². The lowest BCUT2D eigenvalue weighted by molar-refractivity contribution is 0.204. The number of hydrogen-bond donors (Lipinski definition) is 0. The number of pyridine rings is 1. The Kier molecular flexibility index (Phi) is 4.34. The lowest BCUT2D eigenvalue weighted by Crippen LogP contribution is -2.32. The predicted octanol–water partition coefficient (Wildman–Crippen LogP) is 4.11. The molecule has 1 aliphatic heterocycles. The van der Waals surface area contributed by atoms with Gasteiger partial charge in [0.2, 0.25) is 0 Å². The van der Waals surface area contributed by atoms with Gasteiger partial charge < -0.3 is 0 Å². The molecular formula is C17H19ClN2. The summed E-state index contributed by atoms with van der Waals surface area (Å²) in [5, 5.41) is 0.585. The molecule has 1 aromatic carbocycles. The van der Waals surface area contributed by atoms with E-state index in [0.29, 0.717) is 11.1 Å². The number of halogens is 1. The molecule has 1 fully saturated rings. The van der Waals surface area contributed by atoms with Crippen molar-refractivity contribution in [3.05, 3.63) is 64.9 Å². The van der Waals surface area contributed by atoms with E-state index in [9.17, 15) is 0 Å². The average Bonchev–Trinajstić information content (AvgIpc) is 2.49. The van der Waals surface area contributed by atoms with Crippen molar-refractivity contribution in [3.63, 3.8) is 0 Å². The van der Waals surface area contributed by atoms with Crippen LogP contribution in [0.3, 0.4) is 0 Å². The van der Waals surface area contributed by atoms with Crippen LogP contribution in [-0.2, 0) is 6.54 Å². The lowest BCUT2D eigenvalue weighted by atomic mass is 9.89. The molecule has 2 heterocycles. The fourth-order valence-corrected chi connectivity index (χ4v) is 3.15. The highest BCUT2D eigenvalue weighted by atomic mass is 35.5. The molecule has 0 bridgehead atoms. The fourth-order valence-electron chi connectivity index (χ4n) is 2.95. The van der Waals surface area contributed by atoms with Crippen molar-refractivity contribution >= 4 is 11.6 Å². The van der Waals surface area contributed by atoms with Gasteiger partial charge in [-0.1, -0.05) is 41.9 Å². The number of hydrogen-bond acceptors (Lipinski definition) is 2. The second-order valence-corrected chi connectivity index (χ2v) is 5.84. The zero-order valence-corrected chi connectivity index (χ0v) is 12.3. The lowest BCUT2D eigenvalue weighted by Gasteiger charge is -2.32. The summed E-state index contributed by atoms with van der Waals surface area (Å²) in [6, 6.07) is 14.9. The highest BCUT2D eigenvalue weighted by Crippen LogP contribution is 2.28. The van der Waals surface area contributed by atoms with Gasteiger partial charge in [0.25, 0.3) is 0 Å². The highest BCUT2D eigenvalue weighted by molar-refractivity contribution is 6.29. The fraction of sp³-hybridized carbons (Fsp3) is 0.353. The molecule has 0 unspecified atom stereocenters. The summed E-state index contributed by atoms with van der Waals surface area (Å²) >= 11 is 5.94.